The molecule has 0 spiro atoms. The van der Waals surface area contributed by atoms with Gasteiger partial charge in [0.05, 0.1) is 12.4 Å². The second-order valence-corrected chi connectivity index (χ2v) is 7.50. The Morgan fingerprint density at radius 1 is 1.40 bits per heavy atom. The molecule has 0 aliphatic carbocycles. The van der Waals surface area contributed by atoms with E-state index >= 15 is 0 Å². The van der Waals surface area contributed by atoms with E-state index in [-0.39, 0.29) is 17.4 Å². The molecule has 132 valence electrons. The topological polar surface area (TPSA) is 120 Å². The molecule has 25 heavy (non-hydrogen) atoms. The average Bonchev–Trinajstić information content (AvgIpc) is 2.63. The number of aromatic nitrogens is 1. The van der Waals surface area contributed by atoms with E-state index in [1.165, 1.54) is 23.5 Å². The number of hydrogen-bond acceptors (Lipinski definition) is 7. The molecule has 2 atom stereocenters. The van der Waals surface area contributed by atoms with Gasteiger partial charge in [-0.1, -0.05) is 0 Å². The molecule has 1 aromatic heterocycles. The minimum atomic E-state index is -1.25. The highest BCUT2D eigenvalue weighted by Crippen LogP contribution is 2.40. The molecule has 3 rings (SSSR count). The zero-order valence-corrected chi connectivity index (χ0v) is 14.5. The molecule has 0 radical (unpaired) electrons. The minimum absolute atomic E-state index is 0.148. The Kier molecular flexibility index (Phi) is 5.30. The van der Waals surface area contributed by atoms with Crippen molar-refractivity contribution in [1.29, 1.82) is 0 Å². The number of nitrogens with one attached hydrogen (secondary N) is 1. The van der Waals surface area contributed by atoms with Gasteiger partial charge in [-0.05, 0) is 17.7 Å². The Labute approximate surface area is 151 Å². The number of β-lactam (4-membered cyclic amide) rings is 1. The number of pyridine rings is 1. The summed E-state index contributed by atoms with van der Waals surface area (Å²) in [5.41, 5.74) is 0.132. The fourth-order valence-electron chi connectivity index (χ4n) is 2.60. The average molecular weight is 381 g/mol. The molecule has 0 bridgehead atoms. The first kappa shape index (κ1) is 17.8. The summed E-state index contributed by atoms with van der Waals surface area (Å²) in [5, 5.41) is 20.8. The van der Waals surface area contributed by atoms with Gasteiger partial charge >= 0.3 is 5.97 Å². The van der Waals surface area contributed by atoms with Crippen LogP contribution in [0.1, 0.15) is 0 Å². The Morgan fingerprint density at radius 2 is 2.12 bits per heavy atom. The van der Waals surface area contributed by atoms with Gasteiger partial charge in [-0.25, -0.2) is 4.79 Å². The van der Waals surface area contributed by atoms with E-state index in [0.717, 1.165) is 9.80 Å². The maximum atomic E-state index is 12.3. The van der Waals surface area contributed by atoms with E-state index in [9.17, 15) is 24.6 Å². The maximum Gasteiger partial charge on any atom is 0.352 e. The lowest BCUT2D eigenvalue weighted by atomic mass is 10.0. The Hall–Kier alpha value is -2.04. The van der Waals surface area contributed by atoms with Gasteiger partial charge in [-0.3, -0.25) is 19.5 Å². The van der Waals surface area contributed by atoms with Crippen molar-refractivity contribution in [2.45, 2.75) is 16.3 Å². The van der Waals surface area contributed by atoms with Gasteiger partial charge < -0.3 is 15.5 Å². The summed E-state index contributed by atoms with van der Waals surface area (Å²) >= 11 is 2.65. The van der Waals surface area contributed by atoms with Crippen molar-refractivity contribution in [3.63, 3.8) is 0 Å². The Bertz CT molecular complexity index is 740. The lowest BCUT2D eigenvalue weighted by Crippen LogP contribution is -2.70. The molecule has 2 aliphatic heterocycles. The van der Waals surface area contributed by atoms with Crippen LogP contribution < -0.4 is 5.32 Å². The molecule has 1 fully saturated rings. The lowest BCUT2D eigenvalue weighted by molar-refractivity contribution is -0.150. The molecule has 2 aliphatic rings. The number of rotatable bonds is 6. The highest BCUT2D eigenvalue weighted by molar-refractivity contribution is 8.00. The fraction of sp³-hybridized carbons (Fsp3) is 0.333. The highest BCUT2D eigenvalue weighted by Gasteiger charge is 2.54. The smallest absolute Gasteiger partial charge is 0.352 e. The summed E-state index contributed by atoms with van der Waals surface area (Å²) in [7, 11) is 0. The van der Waals surface area contributed by atoms with E-state index in [1.807, 2.05) is 0 Å². The monoisotopic (exact) mass is 381 g/mol. The zero-order valence-electron chi connectivity index (χ0n) is 12.9. The van der Waals surface area contributed by atoms with Crippen LogP contribution in [0.4, 0.5) is 0 Å². The van der Waals surface area contributed by atoms with Crippen LogP contribution in [-0.4, -0.2) is 67.4 Å². The van der Waals surface area contributed by atoms with Gasteiger partial charge in [0.2, 0.25) is 5.91 Å². The summed E-state index contributed by atoms with van der Waals surface area (Å²) in [5.74, 6) is -1.56. The van der Waals surface area contributed by atoms with E-state index in [2.05, 4.69) is 10.3 Å². The van der Waals surface area contributed by atoms with E-state index in [0.29, 0.717) is 11.3 Å². The standard InChI is InChI=1S/C15H15N3O5S2/c19-5-8-6-25-14-11(13(21)18(14)12(8)15(22)23)17-10(20)7-24-9-1-3-16-4-2-9/h1-4,11,14,19H,5-7H2,(H,17,20)(H,22,23)/t11-,14-/m1/s1. The molecule has 1 aromatic rings. The number of hydrogen-bond donors (Lipinski definition) is 3. The molecule has 0 aromatic carbocycles. The summed E-state index contributed by atoms with van der Waals surface area (Å²) in [6, 6.07) is 2.82. The van der Waals surface area contributed by atoms with Crippen molar-refractivity contribution in [1.82, 2.24) is 15.2 Å². The van der Waals surface area contributed by atoms with Crippen LogP contribution in [0.3, 0.4) is 0 Å². The van der Waals surface area contributed by atoms with Crippen LogP contribution in [0, 0.1) is 0 Å². The zero-order chi connectivity index (χ0) is 18.0. The van der Waals surface area contributed by atoms with Crippen LogP contribution in [0.5, 0.6) is 0 Å². The number of carboxylic acids is 1. The van der Waals surface area contributed by atoms with Crippen molar-refractivity contribution in [3.8, 4) is 0 Å². The number of amides is 2. The van der Waals surface area contributed by atoms with E-state index in [1.54, 1.807) is 24.5 Å². The van der Waals surface area contributed by atoms with Crippen LogP contribution in [0.2, 0.25) is 0 Å². The van der Waals surface area contributed by atoms with Crippen LogP contribution >= 0.6 is 23.5 Å². The molecule has 3 heterocycles. The number of fused-ring (bicyclic) bond motifs is 1. The van der Waals surface area contributed by atoms with Gasteiger partial charge in [0.15, 0.2) is 0 Å². The number of aliphatic hydroxyl groups is 1. The second-order valence-electron chi connectivity index (χ2n) is 5.34. The van der Waals surface area contributed by atoms with Gasteiger partial charge in [-0.2, -0.15) is 0 Å². The number of carbonyl (C=O) groups is 3. The van der Waals surface area contributed by atoms with Gasteiger partial charge in [0.25, 0.3) is 5.91 Å². The van der Waals surface area contributed by atoms with Gasteiger partial charge in [-0.15, -0.1) is 23.5 Å². The first-order valence-corrected chi connectivity index (χ1v) is 9.39. The largest absolute Gasteiger partial charge is 0.477 e. The number of thioether (sulfide) groups is 2. The first-order valence-electron chi connectivity index (χ1n) is 7.36. The molecule has 10 heteroatoms. The third kappa shape index (κ3) is 3.51. The second kappa shape index (κ2) is 7.46. The predicted octanol–water partition coefficient (Wildman–Crippen LogP) is -0.0954. The van der Waals surface area contributed by atoms with Gasteiger partial charge in [0.1, 0.15) is 17.1 Å². The number of carboxylic acid groups (broad SMARTS) is 1. The number of aliphatic carboxylic acids is 1. The van der Waals surface area contributed by atoms with Crippen molar-refractivity contribution in [3.05, 3.63) is 35.8 Å². The summed E-state index contributed by atoms with van der Waals surface area (Å²) < 4.78 is 0. The molecule has 0 saturated carbocycles. The van der Waals surface area contributed by atoms with Crippen LogP contribution in [0.25, 0.3) is 0 Å². The van der Waals surface area contributed by atoms with Crippen LogP contribution in [-0.2, 0) is 14.4 Å². The molecule has 3 N–H and O–H groups in total. The maximum absolute atomic E-state index is 12.3. The number of nitrogens with zero attached hydrogens (tertiary/aromatic N) is 2. The first-order chi connectivity index (χ1) is 12.0. The van der Waals surface area contributed by atoms with Crippen LogP contribution in [0.15, 0.2) is 40.7 Å². The highest BCUT2D eigenvalue weighted by atomic mass is 32.2. The number of carbonyl (C=O) groups excluding carboxylic acids is 2. The number of aliphatic hydroxyl groups excluding tert-OH is 1. The fourth-order valence-corrected chi connectivity index (χ4v) is 4.63. The summed E-state index contributed by atoms with van der Waals surface area (Å²) in [4.78, 5) is 41.7. The quantitative estimate of drug-likeness (QED) is 0.462. The summed E-state index contributed by atoms with van der Waals surface area (Å²) in [6.07, 6.45) is 3.26. The molecular formula is C15H15N3O5S2. The Balaban J connectivity index is 1.61. The van der Waals surface area contributed by atoms with Crippen molar-refractivity contribution < 1.29 is 24.6 Å². The predicted molar refractivity (Wildman–Crippen MR) is 91.7 cm³/mol. The molecule has 2 amide bonds. The van der Waals surface area contributed by atoms with Gasteiger partial charge in [0, 0.05) is 23.0 Å². The van der Waals surface area contributed by atoms with E-state index in [4.69, 9.17) is 0 Å². The lowest BCUT2D eigenvalue weighted by Gasteiger charge is -2.49. The minimum Gasteiger partial charge on any atom is -0.477 e. The molecule has 1 saturated heterocycles. The Morgan fingerprint density at radius 3 is 2.76 bits per heavy atom. The molecule has 8 nitrogen and oxygen atoms in total. The SMILES string of the molecule is O=C(CSc1ccncc1)N[C@@H]1C(=O)N2C(C(=O)O)=C(CO)CS[C@H]12. The third-order valence-electron chi connectivity index (χ3n) is 3.78. The molecular weight excluding hydrogens is 366 g/mol. The van der Waals surface area contributed by atoms with Crippen molar-refractivity contribution in [2.75, 3.05) is 18.1 Å². The van der Waals surface area contributed by atoms with Crippen molar-refractivity contribution in [2.24, 2.45) is 0 Å². The normalized spacial score (nSPS) is 22.3. The third-order valence-corrected chi connectivity index (χ3v) is 6.13. The van der Waals surface area contributed by atoms with Crippen molar-refractivity contribution >= 4 is 41.3 Å². The van der Waals surface area contributed by atoms with E-state index < -0.39 is 29.9 Å². The summed E-state index contributed by atoms with van der Waals surface area (Å²) in [6.45, 7) is -0.412. The molecule has 0 unspecified atom stereocenters.